The highest BCUT2D eigenvalue weighted by Crippen LogP contribution is 2.21. The van der Waals surface area contributed by atoms with Gasteiger partial charge in [-0.2, -0.15) is 0 Å². The lowest BCUT2D eigenvalue weighted by atomic mass is 10.3. The van der Waals surface area contributed by atoms with Crippen molar-refractivity contribution in [2.24, 2.45) is 7.05 Å². The number of halogens is 1. The monoisotopic (exact) mass is 207 g/mol. The zero-order chi connectivity index (χ0) is 10.8. The maximum Gasteiger partial charge on any atom is 0.303 e. The largest absolute Gasteiger partial charge is 0.425 e. The standard InChI is InChI=1S/C10H10FN3O/c1-14-9(12)6-13-10(14)15-8-4-2-3-7(11)5-8/h2-6H,12H2,1H3. The number of hydrogen-bond acceptors (Lipinski definition) is 3. The second-order valence-electron chi connectivity index (χ2n) is 3.08. The number of benzene rings is 1. The lowest BCUT2D eigenvalue weighted by Gasteiger charge is -2.05. The molecule has 0 aliphatic heterocycles. The predicted molar refractivity (Wildman–Crippen MR) is 54.1 cm³/mol. The van der Waals surface area contributed by atoms with Crippen molar-refractivity contribution in [1.29, 1.82) is 0 Å². The Balaban J connectivity index is 2.26. The molecule has 0 radical (unpaired) electrons. The Labute approximate surface area is 86.1 Å². The number of nitrogens with two attached hydrogens (primary N) is 1. The molecular weight excluding hydrogens is 197 g/mol. The van der Waals surface area contributed by atoms with E-state index in [1.807, 2.05) is 0 Å². The first-order chi connectivity index (χ1) is 7.16. The Morgan fingerprint density at radius 3 is 2.87 bits per heavy atom. The van der Waals surface area contributed by atoms with Crippen LogP contribution in [-0.4, -0.2) is 9.55 Å². The molecule has 0 unspecified atom stereocenters. The first kappa shape index (κ1) is 9.51. The summed E-state index contributed by atoms with van der Waals surface area (Å²) in [6.07, 6.45) is 1.48. The maximum atomic E-state index is 12.8. The summed E-state index contributed by atoms with van der Waals surface area (Å²) >= 11 is 0. The quantitative estimate of drug-likeness (QED) is 0.818. The lowest BCUT2D eigenvalue weighted by molar-refractivity contribution is 0.422. The molecule has 15 heavy (non-hydrogen) atoms. The second-order valence-corrected chi connectivity index (χ2v) is 3.08. The van der Waals surface area contributed by atoms with Crippen molar-refractivity contribution in [1.82, 2.24) is 9.55 Å². The van der Waals surface area contributed by atoms with Crippen molar-refractivity contribution in [2.75, 3.05) is 5.73 Å². The summed E-state index contributed by atoms with van der Waals surface area (Å²) in [5.41, 5.74) is 5.57. The van der Waals surface area contributed by atoms with Crippen LogP contribution >= 0.6 is 0 Å². The second kappa shape index (κ2) is 3.61. The summed E-state index contributed by atoms with van der Waals surface area (Å²) in [6.45, 7) is 0. The van der Waals surface area contributed by atoms with E-state index < -0.39 is 0 Å². The predicted octanol–water partition coefficient (Wildman–Crippen LogP) is 1.93. The smallest absolute Gasteiger partial charge is 0.303 e. The molecule has 2 N–H and O–H groups in total. The molecule has 1 heterocycles. The van der Waals surface area contributed by atoms with Crippen LogP contribution in [0.2, 0.25) is 0 Å². The molecule has 5 heteroatoms. The maximum absolute atomic E-state index is 12.8. The van der Waals surface area contributed by atoms with Crippen LogP contribution in [0.25, 0.3) is 0 Å². The highest BCUT2D eigenvalue weighted by molar-refractivity contribution is 5.32. The average Bonchev–Trinajstić information content (AvgIpc) is 2.50. The molecule has 0 saturated carbocycles. The molecule has 2 rings (SSSR count). The van der Waals surface area contributed by atoms with Gasteiger partial charge in [-0.3, -0.25) is 4.57 Å². The summed E-state index contributed by atoms with van der Waals surface area (Å²) in [5, 5.41) is 0. The van der Waals surface area contributed by atoms with Gasteiger partial charge in [0.05, 0.1) is 6.20 Å². The summed E-state index contributed by atoms with van der Waals surface area (Å²) < 4.78 is 19.8. The highest BCUT2D eigenvalue weighted by atomic mass is 19.1. The van der Waals surface area contributed by atoms with E-state index in [0.717, 1.165) is 0 Å². The van der Waals surface area contributed by atoms with Gasteiger partial charge in [0.1, 0.15) is 17.4 Å². The topological polar surface area (TPSA) is 53.1 Å². The van der Waals surface area contributed by atoms with Gasteiger partial charge in [-0.25, -0.2) is 9.37 Å². The third-order valence-electron chi connectivity index (χ3n) is 1.99. The van der Waals surface area contributed by atoms with Crippen LogP contribution in [0, 0.1) is 5.82 Å². The minimum Gasteiger partial charge on any atom is -0.425 e. The molecule has 0 atom stereocenters. The normalized spacial score (nSPS) is 10.3. The van der Waals surface area contributed by atoms with E-state index in [1.54, 1.807) is 23.7 Å². The molecule has 4 nitrogen and oxygen atoms in total. The van der Waals surface area contributed by atoms with Crippen LogP contribution < -0.4 is 10.5 Å². The Morgan fingerprint density at radius 1 is 1.47 bits per heavy atom. The van der Waals surface area contributed by atoms with Gasteiger partial charge < -0.3 is 10.5 Å². The fourth-order valence-corrected chi connectivity index (χ4v) is 1.14. The highest BCUT2D eigenvalue weighted by Gasteiger charge is 2.06. The molecule has 0 aliphatic rings. The number of rotatable bonds is 2. The van der Waals surface area contributed by atoms with E-state index in [2.05, 4.69) is 4.98 Å². The fraction of sp³-hybridized carbons (Fsp3) is 0.100. The van der Waals surface area contributed by atoms with Crippen molar-refractivity contribution >= 4 is 5.82 Å². The SMILES string of the molecule is Cn1c(N)cnc1Oc1cccc(F)c1. The first-order valence-electron chi connectivity index (χ1n) is 4.37. The molecule has 0 fully saturated rings. The average molecular weight is 207 g/mol. The van der Waals surface area contributed by atoms with E-state index in [4.69, 9.17) is 10.5 Å². The van der Waals surface area contributed by atoms with Gasteiger partial charge in [-0.05, 0) is 12.1 Å². The molecule has 0 amide bonds. The minimum atomic E-state index is -0.352. The number of imidazole rings is 1. The van der Waals surface area contributed by atoms with Crippen LogP contribution in [0.3, 0.4) is 0 Å². The van der Waals surface area contributed by atoms with Crippen molar-refractivity contribution in [3.05, 3.63) is 36.3 Å². The van der Waals surface area contributed by atoms with Gasteiger partial charge in [-0.15, -0.1) is 0 Å². The van der Waals surface area contributed by atoms with E-state index in [9.17, 15) is 4.39 Å². The van der Waals surface area contributed by atoms with Gasteiger partial charge in [0.15, 0.2) is 0 Å². The van der Waals surface area contributed by atoms with Crippen LogP contribution in [0.1, 0.15) is 0 Å². The Bertz CT molecular complexity index is 481. The van der Waals surface area contributed by atoms with Crippen LogP contribution in [0.4, 0.5) is 10.2 Å². The number of hydrogen-bond donors (Lipinski definition) is 1. The lowest BCUT2D eigenvalue weighted by Crippen LogP contribution is -1.98. The molecule has 0 spiro atoms. The third kappa shape index (κ3) is 1.90. The van der Waals surface area contributed by atoms with Crippen LogP contribution in [0.5, 0.6) is 11.8 Å². The van der Waals surface area contributed by atoms with Crippen molar-refractivity contribution < 1.29 is 9.13 Å². The number of nitrogens with zero attached hydrogens (tertiary/aromatic N) is 2. The molecule has 1 aromatic heterocycles. The molecule has 78 valence electrons. The Hall–Kier alpha value is -2.04. The Kier molecular flexibility index (Phi) is 2.29. The fourth-order valence-electron chi connectivity index (χ4n) is 1.14. The molecule has 0 saturated heterocycles. The number of ether oxygens (including phenoxy) is 1. The minimum absolute atomic E-state index is 0.332. The van der Waals surface area contributed by atoms with Gasteiger partial charge in [0.2, 0.25) is 0 Å². The van der Waals surface area contributed by atoms with E-state index in [0.29, 0.717) is 17.6 Å². The molecule has 2 aromatic rings. The van der Waals surface area contributed by atoms with Gasteiger partial charge >= 0.3 is 6.01 Å². The zero-order valence-corrected chi connectivity index (χ0v) is 8.14. The third-order valence-corrected chi connectivity index (χ3v) is 1.99. The zero-order valence-electron chi connectivity index (χ0n) is 8.14. The summed E-state index contributed by atoms with van der Waals surface area (Å²) in [5.74, 6) is 0.528. The molecule has 0 bridgehead atoms. The first-order valence-corrected chi connectivity index (χ1v) is 4.37. The van der Waals surface area contributed by atoms with Gasteiger partial charge in [-0.1, -0.05) is 6.07 Å². The van der Waals surface area contributed by atoms with E-state index in [1.165, 1.54) is 18.3 Å². The molecule has 0 aliphatic carbocycles. The summed E-state index contributed by atoms with van der Waals surface area (Å²) in [7, 11) is 1.72. The van der Waals surface area contributed by atoms with Crippen molar-refractivity contribution in [3.63, 3.8) is 0 Å². The summed E-state index contributed by atoms with van der Waals surface area (Å²) in [6, 6.07) is 6.17. The number of aromatic nitrogens is 2. The van der Waals surface area contributed by atoms with E-state index >= 15 is 0 Å². The van der Waals surface area contributed by atoms with E-state index in [-0.39, 0.29) is 5.82 Å². The van der Waals surface area contributed by atoms with Crippen molar-refractivity contribution in [3.8, 4) is 11.8 Å². The van der Waals surface area contributed by atoms with Crippen molar-refractivity contribution in [2.45, 2.75) is 0 Å². The molecular formula is C10H10FN3O. The number of nitrogen functional groups attached to an aromatic ring is 1. The Morgan fingerprint density at radius 2 is 2.27 bits per heavy atom. The van der Waals surface area contributed by atoms with Crippen LogP contribution in [0.15, 0.2) is 30.5 Å². The summed E-state index contributed by atoms with van der Waals surface area (Å²) in [4.78, 5) is 3.93. The van der Waals surface area contributed by atoms with Gasteiger partial charge in [0.25, 0.3) is 0 Å². The molecule has 1 aromatic carbocycles. The van der Waals surface area contributed by atoms with Crippen LogP contribution in [-0.2, 0) is 7.05 Å². The van der Waals surface area contributed by atoms with Gasteiger partial charge in [0, 0.05) is 13.1 Å². The number of anilines is 1.